The minimum atomic E-state index is -0.0185. The van der Waals surface area contributed by atoms with Crippen LogP contribution in [0.1, 0.15) is 20.8 Å². The lowest BCUT2D eigenvalue weighted by molar-refractivity contribution is 0.0340. The van der Waals surface area contributed by atoms with Gasteiger partial charge in [0.05, 0.1) is 18.1 Å². The van der Waals surface area contributed by atoms with E-state index in [4.69, 9.17) is 4.74 Å². The van der Waals surface area contributed by atoms with Gasteiger partial charge in [0.25, 0.3) is 5.91 Å². The Hall–Kier alpha value is -2.47. The molecule has 0 spiro atoms. The lowest BCUT2D eigenvalue weighted by Gasteiger charge is -2.27. The van der Waals surface area contributed by atoms with Crippen LogP contribution in [0.5, 0.6) is 0 Å². The second kappa shape index (κ2) is 9.15. The second-order valence-corrected chi connectivity index (χ2v) is 7.79. The molecule has 3 aromatic rings. The largest absolute Gasteiger partial charge is 0.379 e. The van der Waals surface area contributed by atoms with Crippen molar-refractivity contribution in [3.05, 3.63) is 82.0 Å². The zero-order valence-corrected chi connectivity index (χ0v) is 16.6. The van der Waals surface area contributed by atoms with E-state index in [-0.39, 0.29) is 5.91 Å². The molecule has 4 nitrogen and oxygen atoms in total. The van der Waals surface area contributed by atoms with E-state index in [1.165, 1.54) is 22.5 Å². The smallest absolute Gasteiger partial charge is 0.262 e. The van der Waals surface area contributed by atoms with E-state index in [1.807, 2.05) is 47.8 Å². The van der Waals surface area contributed by atoms with Crippen molar-refractivity contribution >= 4 is 17.2 Å². The molecule has 2 heterocycles. The number of ether oxygens (including phenoxy) is 1. The van der Waals surface area contributed by atoms with Crippen LogP contribution in [0.4, 0.5) is 0 Å². The topological polar surface area (TPSA) is 41.6 Å². The van der Waals surface area contributed by atoms with Crippen LogP contribution in [-0.2, 0) is 17.8 Å². The van der Waals surface area contributed by atoms with Crippen LogP contribution in [-0.4, -0.2) is 37.1 Å². The number of nitrogens with zero attached hydrogens (tertiary/aromatic N) is 1. The fourth-order valence-electron chi connectivity index (χ4n) is 3.47. The van der Waals surface area contributed by atoms with Crippen LogP contribution in [0.15, 0.2) is 66.0 Å². The van der Waals surface area contributed by atoms with Crippen molar-refractivity contribution in [2.75, 3.05) is 26.3 Å². The molecular formula is C23H24N2O2S. The summed E-state index contributed by atoms with van der Waals surface area (Å²) < 4.78 is 5.44. The first-order valence-electron chi connectivity index (χ1n) is 9.59. The Bertz CT molecular complexity index is 917. The van der Waals surface area contributed by atoms with Crippen LogP contribution in [0.3, 0.4) is 0 Å². The Balaban J connectivity index is 1.44. The van der Waals surface area contributed by atoms with Gasteiger partial charge in [-0.3, -0.25) is 9.69 Å². The number of amides is 1. The number of carbonyl (C=O) groups is 1. The van der Waals surface area contributed by atoms with Gasteiger partial charge >= 0.3 is 0 Å². The second-order valence-electron chi connectivity index (χ2n) is 6.87. The molecule has 144 valence electrons. The monoisotopic (exact) mass is 392 g/mol. The molecule has 1 aromatic heterocycles. The van der Waals surface area contributed by atoms with E-state index in [0.717, 1.165) is 48.9 Å². The lowest BCUT2D eigenvalue weighted by Crippen LogP contribution is -2.36. The first-order valence-corrected chi connectivity index (χ1v) is 10.5. The van der Waals surface area contributed by atoms with Gasteiger partial charge in [0.2, 0.25) is 0 Å². The van der Waals surface area contributed by atoms with Crippen LogP contribution in [0.25, 0.3) is 11.1 Å². The third-order valence-electron chi connectivity index (χ3n) is 5.01. The van der Waals surface area contributed by atoms with Crippen molar-refractivity contribution in [3.63, 3.8) is 0 Å². The maximum absolute atomic E-state index is 12.8. The third-order valence-corrected chi connectivity index (χ3v) is 5.92. The zero-order valence-electron chi connectivity index (χ0n) is 15.8. The van der Waals surface area contributed by atoms with Crippen LogP contribution < -0.4 is 5.32 Å². The molecule has 0 saturated carbocycles. The van der Waals surface area contributed by atoms with E-state index in [1.54, 1.807) is 0 Å². The summed E-state index contributed by atoms with van der Waals surface area (Å²) in [6, 6.07) is 20.4. The molecule has 1 aliphatic heterocycles. The average Bonchev–Trinajstić information content (AvgIpc) is 3.24. The van der Waals surface area contributed by atoms with Gasteiger partial charge in [0.15, 0.2) is 0 Å². The highest BCUT2D eigenvalue weighted by Gasteiger charge is 2.16. The van der Waals surface area contributed by atoms with Gasteiger partial charge in [-0.1, -0.05) is 54.6 Å². The quantitative estimate of drug-likeness (QED) is 0.684. The normalized spacial score (nSPS) is 14.7. The standard InChI is InChI=1S/C23H24N2O2S/c26-23(22-21(10-15-28-22)18-6-2-1-3-7-18)24-16-19-8-4-5-9-20(19)17-25-11-13-27-14-12-25/h1-10,15H,11-14,16-17H2,(H,24,26). The molecule has 1 fully saturated rings. The minimum Gasteiger partial charge on any atom is -0.379 e. The summed E-state index contributed by atoms with van der Waals surface area (Å²) in [4.78, 5) is 16.0. The van der Waals surface area contributed by atoms with Crippen LogP contribution in [0.2, 0.25) is 0 Å². The van der Waals surface area contributed by atoms with Crippen molar-refractivity contribution in [3.8, 4) is 11.1 Å². The van der Waals surface area contributed by atoms with Crippen molar-refractivity contribution in [2.45, 2.75) is 13.1 Å². The molecule has 0 radical (unpaired) electrons. The van der Waals surface area contributed by atoms with E-state index in [0.29, 0.717) is 6.54 Å². The molecule has 0 atom stereocenters. The van der Waals surface area contributed by atoms with Gasteiger partial charge in [0.1, 0.15) is 0 Å². The van der Waals surface area contributed by atoms with E-state index in [2.05, 4.69) is 28.4 Å². The Kier molecular flexibility index (Phi) is 6.17. The minimum absolute atomic E-state index is 0.0185. The van der Waals surface area contributed by atoms with E-state index in [9.17, 15) is 4.79 Å². The summed E-state index contributed by atoms with van der Waals surface area (Å²) in [6.07, 6.45) is 0. The number of thiophene rings is 1. The van der Waals surface area contributed by atoms with Gasteiger partial charge in [-0.15, -0.1) is 11.3 Å². The number of hydrogen-bond acceptors (Lipinski definition) is 4. The first-order chi connectivity index (χ1) is 13.8. The Labute approximate surface area is 169 Å². The number of benzene rings is 2. The fraction of sp³-hybridized carbons (Fsp3) is 0.261. The molecule has 2 aromatic carbocycles. The maximum atomic E-state index is 12.8. The fourth-order valence-corrected chi connectivity index (χ4v) is 4.30. The highest BCUT2D eigenvalue weighted by molar-refractivity contribution is 7.12. The molecule has 4 rings (SSSR count). The molecule has 28 heavy (non-hydrogen) atoms. The average molecular weight is 393 g/mol. The van der Waals surface area contributed by atoms with Crippen LogP contribution in [0, 0.1) is 0 Å². The first kappa shape index (κ1) is 18.9. The van der Waals surface area contributed by atoms with E-state index >= 15 is 0 Å². The highest BCUT2D eigenvalue weighted by atomic mass is 32.1. The van der Waals surface area contributed by atoms with Gasteiger partial charge < -0.3 is 10.1 Å². The molecule has 5 heteroatoms. The predicted octanol–water partition coefficient (Wildman–Crippen LogP) is 4.18. The SMILES string of the molecule is O=C(NCc1ccccc1CN1CCOCC1)c1sccc1-c1ccccc1. The number of carbonyl (C=O) groups excluding carboxylic acids is 1. The Morgan fingerprint density at radius 3 is 2.46 bits per heavy atom. The molecule has 1 amide bonds. The summed E-state index contributed by atoms with van der Waals surface area (Å²) in [5.74, 6) is -0.0185. The van der Waals surface area contributed by atoms with Crippen molar-refractivity contribution in [2.24, 2.45) is 0 Å². The summed E-state index contributed by atoms with van der Waals surface area (Å²) >= 11 is 1.49. The predicted molar refractivity (Wildman–Crippen MR) is 113 cm³/mol. The van der Waals surface area contributed by atoms with Gasteiger partial charge in [0, 0.05) is 31.7 Å². The van der Waals surface area contributed by atoms with Gasteiger partial charge in [-0.05, 0) is 28.1 Å². The van der Waals surface area contributed by atoms with Gasteiger partial charge in [-0.25, -0.2) is 0 Å². The zero-order chi connectivity index (χ0) is 19.2. The molecular weight excluding hydrogens is 368 g/mol. The molecule has 1 aliphatic rings. The van der Waals surface area contributed by atoms with Crippen LogP contribution >= 0.6 is 11.3 Å². The third kappa shape index (κ3) is 4.50. The number of morpholine rings is 1. The van der Waals surface area contributed by atoms with Gasteiger partial charge in [-0.2, -0.15) is 0 Å². The van der Waals surface area contributed by atoms with Crippen molar-refractivity contribution in [1.29, 1.82) is 0 Å². The molecule has 0 bridgehead atoms. The molecule has 1 N–H and O–H groups in total. The maximum Gasteiger partial charge on any atom is 0.262 e. The van der Waals surface area contributed by atoms with Crippen molar-refractivity contribution in [1.82, 2.24) is 10.2 Å². The Morgan fingerprint density at radius 2 is 1.68 bits per heavy atom. The van der Waals surface area contributed by atoms with E-state index < -0.39 is 0 Å². The molecule has 1 saturated heterocycles. The summed E-state index contributed by atoms with van der Waals surface area (Å²) in [7, 11) is 0. The number of rotatable bonds is 6. The summed E-state index contributed by atoms with van der Waals surface area (Å²) in [5, 5.41) is 5.09. The summed E-state index contributed by atoms with van der Waals surface area (Å²) in [6.45, 7) is 4.92. The van der Waals surface area contributed by atoms with Crippen molar-refractivity contribution < 1.29 is 9.53 Å². The highest BCUT2D eigenvalue weighted by Crippen LogP contribution is 2.28. The Morgan fingerprint density at radius 1 is 0.964 bits per heavy atom. The number of hydrogen-bond donors (Lipinski definition) is 1. The summed E-state index contributed by atoms with van der Waals surface area (Å²) in [5.41, 5.74) is 4.49. The molecule has 0 unspecified atom stereocenters. The molecule has 0 aliphatic carbocycles. The lowest BCUT2D eigenvalue weighted by atomic mass is 10.1. The number of nitrogens with one attached hydrogen (secondary N) is 1.